The van der Waals surface area contributed by atoms with Crippen LogP contribution in [0.5, 0.6) is 0 Å². The predicted octanol–water partition coefficient (Wildman–Crippen LogP) is 3.21. The van der Waals surface area contributed by atoms with Crippen LogP contribution in [0.4, 0.5) is 0 Å². The summed E-state index contributed by atoms with van der Waals surface area (Å²) in [5.41, 5.74) is 1.70. The van der Waals surface area contributed by atoms with Crippen LogP contribution in [0.15, 0.2) is 53.4 Å². The number of esters is 1. The Hall–Kier alpha value is -2.51. The number of hydrogen-bond donors (Lipinski definition) is 0. The predicted molar refractivity (Wildman–Crippen MR) is 105 cm³/mol. The molecule has 0 radical (unpaired) electrons. The fraction of sp³-hybridized carbons (Fsp3) is 0.333. The molecule has 0 aromatic heterocycles. The Morgan fingerprint density at radius 2 is 1.46 bits per heavy atom. The van der Waals surface area contributed by atoms with Crippen molar-refractivity contribution in [2.75, 3.05) is 19.7 Å². The quantitative estimate of drug-likeness (QED) is 0.548. The van der Waals surface area contributed by atoms with E-state index in [9.17, 15) is 18.0 Å². The van der Waals surface area contributed by atoms with Gasteiger partial charge < -0.3 is 4.74 Å². The van der Waals surface area contributed by atoms with Crippen molar-refractivity contribution in [1.29, 1.82) is 0 Å². The Morgan fingerprint density at radius 3 is 2.07 bits per heavy atom. The zero-order valence-corrected chi connectivity index (χ0v) is 16.6. The second kappa shape index (κ2) is 8.67. The summed E-state index contributed by atoms with van der Waals surface area (Å²) in [4.78, 5) is 24.4. The number of Topliss-reactive ketones (excluding diaryl/α,β-unsaturated/α-hetero) is 1. The lowest BCUT2D eigenvalue weighted by Gasteiger charge is -2.25. The molecule has 3 rings (SSSR count). The molecule has 7 heteroatoms. The first-order valence-corrected chi connectivity index (χ1v) is 10.7. The Labute approximate surface area is 165 Å². The molecular formula is C21H23NO5S. The highest BCUT2D eigenvalue weighted by Crippen LogP contribution is 2.21. The molecule has 0 N–H and O–H groups in total. The zero-order chi connectivity index (χ0) is 20.1. The lowest BCUT2D eigenvalue weighted by Crippen LogP contribution is -2.35. The Bertz CT molecular complexity index is 943. The highest BCUT2D eigenvalue weighted by molar-refractivity contribution is 7.89. The minimum atomic E-state index is -3.53. The van der Waals surface area contributed by atoms with E-state index in [0.717, 1.165) is 24.8 Å². The molecule has 148 valence electrons. The van der Waals surface area contributed by atoms with E-state index in [1.165, 1.54) is 28.6 Å². The summed E-state index contributed by atoms with van der Waals surface area (Å²) in [5.74, 6) is -0.958. The van der Waals surface area contributed by atoms with Gasteiger partial charge in [0.15, 0.2) is 12.4 Å². The molecule has 1 fully saturated rings. The van der Waals surface area contributed by atoms with E-state index in [2.05, 4.69) is 0 Å². The third-order valence-electron chi connectivity index (χ3n) is 4.75. The summed E-state index contributed by atoms with van der Waals surface area (Å²) in [6.45, 7) is 2.56. The molecule has 0 aliphatic carbocycles. The van der Waals surface area contributed by atoms with Crippen molar-refractivity contribution < 1.29 is 22.7 Å². The topological polar surface area (TPSA) is 80.8 Å². The SMILES string of the molecule is Cc1ccc(C(=O)OCC(=O)c2ccc(S(=O)(=O)N3CCCCC3)cc2)cc1. The number of piperidine rings is 1. The van der Waals surface area contributed by atoms with Gasteiger partial charge in [-0.25, -0.2) is 13.2 Å². The lowest BCUT2D eigenvalue weighted by atomic mass is 10.1. The largest absolute Gasteiger partial charge is 0.454 e. The van der Waals surface area contributed by atoms with E-state index < -0.39 is 22.6 Å². The van der Waals surface area contributed by atoms with Gasteiger partial charge in [-0.05, 0) is 56.2 Å². The molecule has 6 nitrogen and oxygen atoms in total. The van der Waals surface area contributed by atoms with Crippen LogP contribution in [0.3, 0.4) is 0 Å². The standard InChI is InChI=1S/C21H23NO5S/c1-16-5-7-18(8-6-16)21(24)27-15-20(23)17-9-11-19(12-10-17)28(25,26)22-13-3-2-4-14-22/h5-12H,2-4,13-15H2,1H3. The van der Waals surface area contributed by atoms with E-state index in [1.54, 1.807) is 24.3 Å². The van der Waals surface area contributed by atoms with E-state index in [0.29, 0.717) is 24.2 Å². The summed E-state index contributed by atoms with van der Waals surface area (Å²) in [6.07, 6.45) is 2.77. The molecule has 1 aliphatic heterocycles. The summed E-state index contributed by atoms with van der Waals surface area (Å²) >= 11 is 0. The van der Waals surface area contributed by atoms with Crippen LogP contribution in [-0.2, 0) is 14.8 Å². The maximum absolute atomic E-state index is 12.6. The van der Waals surface area contributed by atoms with Crippen LogP contribution < -0.4 is 0 Å². The number of benzene rings is 2. The van der Waals surface area contributed by atoms with Crippen molar-refractivity contribution in [3.8, 4) is 0 Å². The number of hydrogen-bond acceptors (Lipinski definition) is 5. The lowest BCUT2D eigenvalue weighted by molar-refractivity contribution is 0.0474. The number of carbonyl (C=O) groups excluding carboxylic acids is 2. The van der Waals surface area contributed by atoms with E-state index in [-0.39, 0.29) is 10.7 Å². The minimum Gasteiger partial charge on any atom is -0.454 e. The van der Waals surface area contributed by atoms with E-state index in [1.807, 2.05) is 6.92 Å². The van der Waals surface area contributed by atoms with Gasteiger partial charge in [0.2, 0.25) is 10.0 Å². The molecule has 2 aromatic rings. The fourth-order valence-electron chi connectivity index (χ4n) is 3.05. The monoisotopic (exact) mass is 401 g/mol. The van der Waals surface area contributed by atoms with Crippen LogP contribution in [0, 0.1) is 6.92 Å². The van der Waals surface area contributed by atoms with Gasteiger partial charge >= 0.3 is 5.97 Å². The average Bonchev–Trinajstić information content (AvgIpc) is 2.73. The van der Waals surface area contributed by atoms with Crippen LogP contribution in [0.2, 0.25) is 0 Å². The summed E-state index contributed by atoms with van der Waals surface area (Å²) in [5, 5.41) is 0. The zero-order valence-electron chi connectivity index (χ0n) is 15.8. The smallest absolute Gasteiger partial charge is 0.338 e. The number of sulfonamides is 1. The number of rotatable bonds is 6. The first-order chi connectivity index (χ1) is 13.4. The minimum absolute atomic E-state index is 0.169. The van der Waals surface area contributed by atoms with Crippen molar-refractivity contribution in [3.63, 3.8) is 0 Å². The molecular weight excluding hydrogens is 378 g/mol. The highest BCUT2D eigenvalue weighted by atomic mass is 32.2. The van der Waals surface area contributed by atoms with Crippen LogP contribution in [0.1, 0.15) is 45.5 Å². The van der Waals surface area contributed by atoms with E-state index in [4.69, 9.17) is 4.74 Å². The van der Waals surface area contributed by atoms with Crippen LogP contribution in [0.25, 0.3) is 0 Å². The third kappa shape index (κ3) is 4.66. The number of aryl methyl sites for hydroxylation is 1. The summed E-state index contributed by atoms with van der Waals surface area (Å²) < 4.78 is 31.8. The fourth-order valence-corrected chi connectivity index (χ4v) is 4.57. The van der Waals surface area contributed by atoms with Crippen molar-refractivity contribution in [1.82, 2.24) is 4.31 Å². The van der Waals surface area contributed by atoms with Crippen molar-refractivity contribution >= 4 is 21.8 Å². The summed E-state index contributed by atoms with van der Waals surface area (Å²) in [6, 6.07) is 12.6. The molecule has 1 heterocycles. The summed E-state index contributed by atoms with van der Waals surface area (Å²) in [7, 11) is -3.53. The second-order valence-corrected chi connectivity index (χ2v) is 8.79. The van der Waals surface area contributed by atoms with Crippen molar-refractivity contribution in [2.24, 2.45) is 0 Å². The van der Waals surface area contributed by atoms with E-state index >= 15 is 0 Å². The highest BCUT2D eigenvalue weighted by Gasteiger charge is 2.26. The normalized spacial score (nSPS) is 15.2. The molecule has 1 saturated heterocycles. The molecule has 0 bridgehead atoms. The molecule has 0 unspecified atom stereocenters. The number of ether oxygens (including phenoxy) is 1. The van der Waals surface area contributed by atoms with Gasteiger partial charge in [-0.1, -0.05) is 24.1 Å². The van der Waals surface area contributed by atoms with Gasteiger partial charge in [0, 0.05) is 18.7 Å². The van der Waals surface area contributed by atoms with Crippen LogP contribution in [-0.4, -0.2) is 44.2 Å². The Morgan fingerprint density at radius 1 is 0.893 bits per heavy atom. The third-order valence-corrected chi connectivity index (χ3v) is 6.66. The van der Waals surface area contributed by atoms with Gasteiger partial charge in [0.05, 0.1) is 10.5 Å². The Kier molecular flexibility index (Phi) is 6.26. The first-order valence-electron chi connectivity index (χ1n) is 9.25. The van der Waals surface area contributed by atoms with Gasteiger partial charge in [-0.3, -0.25) is 4.79 Å². The van der Waals surface area contributed by atoms with Crippen molar-refractivity contribution in [3.05, 3.63) is 65.2 Å². The van der Waals surface area contributed by atoms with Gasteiger partial charge in [-0.2, -0.15) is 4.31 Å². The van der Waals surface area contributed by atoms with Gasteiger partial charge in [0.25, 0.3) is 0 Å². The maximum atomic E-state index is 12.6. The maximum Gasteiger partial charge on any atom is 0.338 e. The van der Waals surface area contributed by atoms with Gasteiger partial charge in [-0.15, -0.1) is 0 Å². The molecule has 28 heavy (non-hydrogen) atoms. The number of carbonyl (C=O) groups is 2. The average molecular weight is 401 g/mol. The van der Waals surface area contributed by atoms with Crippen LogP contribution >= 0.6 is 0 Å². The number of nitrogens with zero attached hydrogens (tertiary/aromatic N) is 1. The van der Waals surface area contributed by atoms with Crippen molar-refractivity contribution in [2.45, 2.75) is 31.1 Å². The Balaban J connectivity index is 1.62. The van der Waals surface area contributed by atoms with Gasteiger partial charge in [0.1, 0.15) is 0 Å². The molecule has 0 amide bonds. The molecule has 0 atom stereocenters. The molecule has 2 aromatic carbocycles. The molecule has 1 aliphatic rings. The molecule has 0 saturated carbocycles. The number of ketones is 1. The molecule has 0 spiro atoms. The second-order valence-electron chi connectivity index (χ2n) is 6.85. The first kappa shape index (κ1) is 20.2.